The Kier molecular flexibility index (Phi) is 38.9. The van der Waals surface area contributed by atoms with Crippen LogP contribution in [0.15, 0.2) is 0 Å². The van der Waals surface area contributed by atoms with Crippen molar-refractivity contribution in [2.24, 2.45) is 0 Å². The normalized spacial score (nSPS) is 11.5. The summed E-state index contributed by atoms with van der Waals surface area (Å²) in [7, 11) is 1.25. The highest BCUT2D eigenvalue weighted by molar-refractivity contribution is 7.37. The maximum atomic E-state index is 2.31. The minimum Gasteiger partial charge on any atom is -0.122 e. The third kappa shape index (κ3) is 38.4. The standard InChI is InChI=1S/C38H79P/c1-3-5-7-9-11-13-15-17-19-21-23-25-27-29-31-33-35-37-39-38-36-34-32-30-28-26-24-22-20-18-16-14-12-10-8-6-4-2/h39H,3-38H2,1-2H3. The molecule has 39 heavy (non-hydrogen) atoms. The highest BCUT2D eigenvalue weighted by Gasteiger charge is 1.97. The molecule has 0 aliphatic rings. The third-order valence-electron chi connectivity index (χ3n) is 8.91. The number of hydrogen-bond acceptors (Lipinski definition) is 0. The van der Waals surface area contributed by atoms with Gasteiger partial charge in [-0.25, -0.2) is 0 Å². The zero-order chi connectivity index (χ0) is 28.2. The molecule has 0 saturated heterocycles. The number of rotatable bonds is 36. The fourth-order valence-corrected chi connectivity index (χ4v) is 7.32. The van der Waals surface area contributed by atoms with Crippen molar-refractivity contribution >= 4 is 8.58 Å². The fourth-order valence-electron chi connectivity index (χ4n) is 6.07. The molecule has 0 aromatic carbocycles. The molecule has 0 atom stereocenters. The van der Waals surface area contributed by atoms with Crippen LogP contribution in [0.25, 0.3) is 0 Å². The molecule has 0 unspecified atom stereocenters. The molecular formula is C38H79P. The van der Waals surface area contributed by atoms with Gasteiger partial charge in [-0.3, -0.25) is 0 Å². The van der Waals surface area contributed by atoms with Crippen LogP contribution in [0.4, 0.5) is 0 Å². The van der Waals surface area contributed by atoms with Crippen molar-refractivity contribution in [1.29, 1.82) is 0 Å². The zero-order valence-electron chi connectivity index (χ0n) is 28.0. The van der Waals surface area contributed by atoms with E-state index in [0.717, 1.165) is 0 Å². The lowest BCUT2D eigenvalue weighted by atomic mass is 10.0. The van der Waals surface area contributed by atoms with Gasteiger partial charge in [0, 0.05) is 0 Å². The summed E-state index contributed by atoms with van der Waals surface area (Å²) in [5.41, 5.74) is 0. The van der Waals surface area contributed by atoms with Crippen molar-refractivity contribution in [3.05, 3.63) is 0 Å². The molecule has 0 aromatic heterocycles. The van der Waals surface area contributed by atoms with Crippen LogP contribution in [0.2, 0.25) is 0 Å². The molecule has 0 aliphatic heterocycles. The molecule has 0 amide bonds. The molecule has 0 fully saturated rings. The number of hydrogen-bond donors (Lipinski definition) is 0. The Morgan fingerprint density at radius 3 is 0.538 bits per heavy atom. The van der Waals surface area contributed by atoms with Crippen molar-refractivity contribution in [3.8, 4) is 0 Å². The Bertz CT molecular complexity index is 356. The van der Waals surface area contributed by atoms with Crippen LogP contribution >= 0.6 is 8.58 Å². The zero-order valence-corrected chi connectivity index (χ0v) is 29.0. The number of unbranched alkanes of at least 4 members (excludes halogenated alkanes) is 32. The molecule has 0 aromatic rings. The van der Waals surface area contributed by atoms with Gasteiger partial charge in [0.05, 0.1) is 0 Å². The smallest absolute Gasteiger partial charge is 0.0353 e. The molecule has 0 nitrogen and oxygen atoms in total. The lowest BCUT2D eigenvalue weighted by Gasteiger charge is -2.05. The summed E-state index contributed by atoms with van der Waals surface area (Å²) >= 11 is 0. The molecule has 236 valence electrons. The second-order valence-corrected chi connectivity index (χ2v) is 14.6. The Morgan fingerprint density at radius 2 is 0.359 bits per heavy atom. The second kappa shape index (κ2) is 38.4. The SMILES string of the molecule is CCCCCCCCCCCCCCCCCCCPCCCCCCCCCCCCCCCCCCC. The van der Waals surface area contributed by atoms with E-state index in [1.807, 2.05) is 0 Å². The van der Waals surface area contributed by atoms with Gasteiger partial charge in [-0.15, -0.1) is 8.58 Å². The maximum Gasteiger partial charge on any atom is -0.0353 e. The summed E-state index contributed by atoms with van der Waals surface area (Å²) in [6.45, 7) is 4.62. The summed E-state index contributed by atoms with van der Waals surface area (Å²) in [6.07, 6.45) is 53.5. The largest absolute Gasteiger partial charge is 0.122 e. The highest BCUT2D eigenvalue weighted by atomic mass is 31.1. The van der Waals surface area contributed by atoms with Crippen LogP contribution in [-0.4, -0.2) is 12.3 Å². The molecule has 0 spiro atoms. The van der Waals surface area contributed by atoms with Crippen molar-refractivity contribution in [2.45, 2.75) is 232 Å². The van der Waals surface area contributed by atoms with Gasteiger partial charge in [-0.05, 0) is 25.2 Å². The lowest BCUT2D eigenvalue weighted by molar-refractivity contribution is 0.528. The molecular weight excluding hydrogens is 487 g/mol. The van der Waals surface area contributed by atoms with E-state index in [1.165, 1.54) is 239 Å². The van der Waals surface area contributed by atoms with Crippen LogP contribution in [0.3, 0.4) is 0 Å². The third-order valence-corrected chi connectivity index (χ3v) is 10.3. The molecule has 0 N–H and O–H groups in total. The van der Waals surface area contributed by atoms with Crippen molar-refractivity contribution in [3.63, 3.8) is 0 Å². The summed E-state index contributed by atoms with van der Waals surface area (Å²) in [6, 6.07) is 0. The quantitative estimate of drug-likeness (QED) is 0.0522. The fraction of sp³-hybridized carbons (Fsp3) is 1.00. The van der Waals surface area contributed by atoms with Crippen molar-refractivity contribution in [2.75, 3.05) is 12.3 Å². The van der Waals surface area contributed by atoms with Crippen LogP contribution in [-0.2, 0) is 0 Å². The minimum absolute atomic E-state index is 1.25. The second-order valence-electron chi connectivity index (χ2n) is 13.1. The predicted octanol–water partition coefficient (Wildman–Crippen LogP) is 15.0. The first-order chi connectivity index (χ1) is 19.4. The molecule has 0 radical (unpaired) electrons. The summed E-state index contributed by atoms with van der Waals surface area (Å²) in [5.74, 6) is 0. The van der Waals surface area contributed by atoms with Crippen molar-refractivity contribution in [1.82, 2.24) is 0 Å². The van der Waals surface area contributed by atoms with Gasteiger partial charge < -0.3 is 0 Å². The van der Waals surface area contributed by atoms with Crippen LogP contribution in [0, 0.1) is 0 Å². The molecule has 1 heteroatoms. The Balaban J connectivity index is 3.01. The van der Waals surface area contributed by atoms with Crippen LogP contribution in [0.5, 0.6) is 0 Å². The first kappa shape index (κ1) is 39.4. The van der Waals surface area contributed by atoms with Gasteiger partial charge in [-0.2, -0.15) is 0 Å². The van der Waals surface area contributed by atoms with E-state index in [1.54, 1.807) is 0 Å². The van der Waals surface area contributed by atoms with E-state index >= 15 is 0 Å². The molecule has 0 bridgehead atoms. The Labute approximate surface area is 252 Å². The van der Waals surface area contributed by atoms with Crippen molar-refractivity contribution < 1.29 is 0 Å². The van der Waals surface area contributed by atoms with Gasteiger partial charge in [0.1, 0.15) is 0 Å². The molecule has 0 saturated carbocycles. The monoisotopic (exact) mass is 567 g/mol. The Morgan fingerprint density at radius 1 is 0.205 bits per heavy atom. The van der Waals surface area contributed by atoms with Crippen LogP contribution < -0.4 is 0 Å². The van der Waals surface area contributed by atoms with Crippen LogP contribution in [0.1, 0.15) is 232 Å². The van der Waals surface area contributed by atoms with E-state index in [-0.39, 0.29) is 0 Å². The van der Waals surface area contributed by atoms with Gasteiger partial charge in [-0.1, -0.05) is 219 Å². The van der Waals surface area contributed by atoms with E-state index in [0.29, 0.717) is 0 Å². The van der Waals surface area contributed by atoms with E-state index in [9.17, 15) is 0 Å². The summed E-state index contributed by atoms with van der Waals surface area (Å²) in [5, 5.41) is 0. The molecule has 0 aliphatic carbocycles. The molecule has 0 heterocycles. The predicted molar refractivity (Wildman–Crippen MR) is 186 cm³/mol. The highest BCUT2D eigenvalue weighted by Crippen LogP contribution is 2.19. The topological polar surface area (TPSA) is 0 Å². The average Bonchev–Trinajstić information content (AvgIpc) is 2.95. The lowest BCUT2D eigenvalue weighted by Crippen LogP contribution is -1.86. The van der Waals surface area contributed by atoms with E-state index in [4.69, 9.17) is 0 Å². The van der Waals surface area contributed by atoms with Gasteiger partial charge in [0.15, 0.2) is 0 Å². The van der Waals surface area contributed by atoms with E-state index < -0.39 is 0 Å². The van der Waals surface area contributed by atoms with E-state index in [2.05, 4.69) is 13.8 Å². The summed E-state index contributed by atoms with van der Waals surface area (Å²) in [4.78, 5) is 0. The van der Waals surface area contributed by atoms with Gasteiger partial charge in [0.25, 0.3) is 0 Å². The van der Waals surface area contributed by atoms with Gasteiger partial charge in [0.2, 0.25) is 0 Å². The maximum absolute atomic E-state index is 2.31. The van der Waals surface area contributed by atoms with Gasteiger partial charge >= 0.3 is 0 Å². The average molecular weight is 567 g/mol. The Hall–Kier alpha value is 0.430. The first-order valence-electron chi connectivity index (χ1n) is 19.1. The minimum atomic E-state index is 1.25. The summed E-state index contributed by atoms with van der Waals surface area (Å²) < 4.78 is 0. The first-order valence-corrected chi connectivity index (χ1v) is 20.5. The molecule has 0 rings (SSSR count).